The first kappa shape index (κ1) is 17.9. The van der Waals surface area contributed by atoms with Gasteiger partial charge in [-0.15, -0.1) is 0 Å². The smallest absolute Gasteiger partial charge is 0.387 e. The molecule has 1 saturated heterocycles. The fourth-order valence-electron chi connectivity index (χ4n) is 2.10. The molecule has 11 heteroatoms. The van der Waals surface area contributed by atoms with Gasteiger partial charge in [-0.1, -0.05) is 0 Å². The molecule has 1 aliphatic heterocycles. The summed E-state index contributed by atoms with van der Waals surface area (Å²) >= 11 is 0. The Morgan fingerprint density at radius 1 is 1.61 bits per heavy atom. The Labute approximate surface area is 131 Å². The van der Waals surface area contributed by atoms with Crippen LogP contribution >= 0.6 is 7.82 Å². The van der Waals surface area contributed by atoms with Crippen LogP contribution in [0.25, 0.3) is 0 Å². The van der Waals surface area contributed by atoms with Crippen molar-refractivity contribution in [2.24, 2.45) is 5.73 Å². The molecule has 0 aromatic carbocycles. The number of aliphatic hydroxyl groups is 1. The van der Waals surface area contributed by atoms with Crippen molar-refractivity contribution >= 4 is 13.7 Å². The van der Waals surface area contributed by atoms with E-state index in [2.05, 4.69) is 9.05 Å². The fraction of sp³-hybridized carbons (Fsp3) is 0.500. The molecule has 3 unspecified atom stereocenters. The third kappa shape index (κ3) is 4.11. The molecule has 2 heterocycles. The summed E-state index contributed by atoms with van der Waals surface area (Å²) in [5, 5.41) is 9.84. The first-order valence-electron chi connectivity index (χ1n) is 6.56. The van der Waals surface area contributed by atoms with Gasteiger partial charge in [0.05, 0.1) is 6.61 Å². The average molecular weight is 351 g/mol. The maximum absolute atomic E-state index is 14.2. The van der Waals surface area contributed by atoms with Gasteiger partial charge in [-0.05, 0) is 6.07 Å². The van der Waals surface area contributed by atoms with Gasteiger partial charge in [0.2, 0.25) is 6.17 Å². The van der Waals surface area contributed by atoms with E-state index in [-0.39, 0.29) is 5.56 Å². The summed E-state index contributed by atoms with van der Waals surface area (Å²) in [5.41, 5.74) is 5.29. The number of phosphoric ester groups is 1. The first-order valence-corrected chi connectivity index (χ1v) is 8.06. The first-order chi connectivity index (χ1) is 10.7. The lowest BCUT2D eigenvalue weighted by atomic mass is 10.1. The predicted octanol–water partition coefficient (Wildman–Crippen LogP) is -0.567. The largest absolute Gasteiger partial charge is 0.472 e. The zero-order valence-corrected chi connectivity index (χ0v) is 13.0. The number of carbonyl (C=O) groups is 1. The molecule has 0 aliphatic carbocycles. The summed E-state index contributed by atoms with van der Waals surface area (Å²) in [6, 6.07) is 2.91. The third-order valence-electron chi connectivity index (χ3n) is 3.33. The summed E-state index contributed by atoms with van der Waals surface area (Å²) in [6.45, 7) is -0.546. The second-order valence-corrected chi connectivity index (χ2v) is 6.41. The normalized spacial score (nSPS) is 30.1. The van der Waals surface area contributed by atoms with Crippen molar-refractivity contribution in [1.82, 2.24) is 0 Å². The lowest BCUT2D eigenvalue weighted by Gasteiger charge is -2.15. The lowest BCUT2D eigenvalue weighted by molar-refractivity contribution is -0.764. The SMILES string of the molecule is COP(=O)(O)OC[C@@H]1O[C@H]([n+]2cccc(C(N)=O)c2)C(F)C1O. The molecule has 128 valence electrons. The van der Waals surface area contributed by atoms with Gasteiger partial charge in [-0.2, -0.15) is 4.57 Å². The standard InChI is InChI=1S/C12H16FN2O7P/c1-20-23(18,19)21-6-8-10(16)9(13)12(22-8)15-4-2-3-7(5-15)11(14)17/h2-5,8-10,12,16H,6H2,1H3,(H2-,14,17,18,19)/p+1/t8-,9?,10?,12-/m0/s1. The van der Waals surface area contributed by atoms with Gasteiger partial charge < -0.3 is 20.5 Å². The Hall–Kier alpha value is -1.42. The van der Waals surface area contributed by atoms with E-state index in [1.807, 2.05) is 0 Å². The molecule has 1 aliphatic rings. The van der Waals surface area contributed by atoms with Crippen LogP contribution in [0.15, 0.2) is 24.5 Å². The molecule has 0 bridgehead atoms. The van der Waals surface area contributed by atoms with Gasteiger partial charge in [0, 0.05) is 13.2 Å². The molecule has 1 aromatic heterocycles. The number of amides is 1. The van der Waals surface area contributed by atoms with Crippen LogP contribution in [0.1, 0.15) is 16.6 Å². The molecule has 1 fully saturated rings. The summed E-state index contributed by atoms with van der Waals surface area (Å²) in [4.78, 5) is 20.3. The van der Waals surface area contributed by atoms with E-state index in [4.69, 9.17) is 15.4 Å². The van der Waals surface area contributed by atoms with E-state index in [0.717, 1.165) is 7.11 Å². The Morgan fingerprint density at radius 2 is 2.30 bits per heavy atom. The number of ether oxygens (including phenoxy) is 1. The summed E-state index contributed by atoms with van der Waals surface area (Å²) in [6.07, 6.45) is -3.12. The number of pyridine rings is 1. The molecule has 0 radical (unpaired) electrons. The number of nitrogens with two attached hydrogens (primary N) is 1. The molecule has 1 aromatic rings. The number of nitrogens with zero attached hydrogens (tertiary/aromatic N) is 1. The molecular formula is C12H17FN2O7P+. The van der Waals surface area contributed by atoms with Crippen molar-refractivity contribution in [2.75, 3.05) is 13.7 Å². The Kier molecular flexibility index (Phi) is 5.45. The van der Waals surface area contributed by atoms with Crippen LogP contribution in [0.2, 0.25) is 0 Å². The highest BCUT2D eigenvalue weighted by molar-refractivity contribution is 7.47. The molecule has 4 N–H and O–H groups in total. The highest BCUT2D eigenvalue weighted by Crippen LogP contribution is 2.43. The number of aliphatic hydroxyl groups excluding tert-OH is 1. The molecule has 0 spiro atoms. The van der Waals surface area contributed by atoms with Gasteiger partial charge in [-0.3, -0.25) is 13.8 Å². The number of aromatic nitrogens is 1. The number of phosphoric acid groups is 1. The third-order valence-corrected chi connectivity index (χ3v) is 4.26. The van der Waals surface area contributed by atoms with Gasteiger partial charge in [0.15, 0.2) is 12.4 Å². The molecule has 0 saturated carbocycles. The van der Waals surface area contributed by atoms with E-state index in [9.17, 15) is 18.9 Å². The van der Waals surface area contributed by atoms with Gasteiger partial charge in [0.25, 0.3) is 12.1 Å². The minimum Gasteiger partial charge on any atom is -0.387 e. The number of alkyl halides is 1. The van der Waals surface area contributed by atoms with Crippen LogP contribution < -0.4 is 10.3 Å². The number of rotatable bonds is 6. The van der Waals surface area contributed by atoms with Gasteiger partial charge in [0.1, 0.15) is 17.8 Å². The monoisotopic (exact) mass is 351 g/mol. The number of hydrogen-bond donors (Lipinski definition) is 3. The topological polar surface area (TPSA) is 132 Å². The molecule has 5 atom stereocenters. The van der Waals surface area contributed by atoms with E-state index < -0.39 is 44.9 Å². The van der Waals surface area contributed by atoms with Crippen molar-refractivity contribution in [2.45, 2.75) is 24.6 Å². The number of hydrogen-bond acceptors (Lipinski definition) is 6. The summed E-state index contributed by atoms with van der Waals surface area (Å²) in [5.74, 6) is -0.700. The predicted molar refractivity (Wildman–Crippen MR) is 72.8 cm³/mol. The second-order valence-electron chi connectivity index (χ2n) is 4.85. The number of carbonyl (C=O) groups excluding carboxylic acids is 1. The second kappa shape index (κ2) is 7.00. The molecule has 2 rings (SSSR count). The molecule has 1 amide bonds. The van der Waals surface area contributed by atoms with E-state index in [1.54, 1.807) is 0 Å². The number of primary amides is 1. The zero-order chi connectivity index (χ0) is 17.2. The van der Waals surface area contributed by atoms with E-state index >= 15 is 0 Å². The minimum atomic E-state index is -4.27. The summed E-state index contributed by atoms with van der Waals surface area (Å²) in [7, 11) is -3.30. The maximum atomic E-state index is 14.2. The van der Waals surface area contributed by atoms with E-state index in [1.165, 1.54) is 29.1 Å². The number of halogens is 1. The Morgan fingerprint density at radius 3 is 2.91 bits per heavy atom. The quantitative estimate of drug-likeness (QED) is 0.462. The molecule has 9 nitrogen and oxygen atoms in total. The zero-order valence-electron chi connectivity index (χ0n) is 12.1. The van der Waals surface area contributed by atoms with Crippen LogP contribution in [0.3, 0.4) is 0 Å². The lowest BCUT2D eigenvalue weighted by Crippen LogP contribution is -2.45. The van der Waals surface area contributed by atoms with Crippen molar-refractivity contribution in [3.05, 3.63) is 30.1 Å². The minimum absolute atomic E-state index is 0.136. The van der Waals surface area contributed by atoms with Crippen LogP contribution in [-0.4, -0.2) is 48.0 Å². The Balaban J connectivity index is 2.12. The Bertz CT molecular complexity index is 631. The van der Waals surface area contributed by atoms with Crippen LogP contribution in [-0.2, 0) is 18.3 Å². The van der Waals surface area contributed by atoms with Gasteiger partial charge in [-0.25, -0.2) is 8.96 Å². The van der Waals surface area contributed by atoms with Crippen molar-refractivity contribution < 1.29 is 42.1 Å². The highest BCUT2D eigenvalue weighted by Gasteiger charge is 2.50. The van der Waals surface area contributed by atoms with Crippen LogP contribution in [0, 0.1) is 0 Å². The summed E-state index contributed by atoms with van der Waals surface area (Å²) < 4.78 is 40.8. The van der Waals surface area contributed by atoms with Crippen molar-refractivity contribution in [3.63, 3.8) is 0 Å². The van der Waals surface area contributed by atoms with Crippen molar-refractivity contribution in [1.29, 1.82) is 0 Å². The molecular weight excluding hydrogens is 334 g/mol. The van der Waals surface area contributed by atoms with E-state index in [0.29, 0.717) is 0 Å². The molecule has 23 heavy (non-hydrogen) atoms. The average Bonchev–Trinajstić information content (AvgIpc) is 2.81. The van der Waals surface area contributed by atoms with Crippen LogP contribution in [0.4, 0.5) is 4.39 Å². The van der Waals surface area contributed by atoms with Crippen molar-refractivity contribution in [3.8, 4) is 0 Å². The van der Waals surface area contributed by atoms with Gasteiger partial charge >= 0.3 is 7.82 Å². The fourth-order valence-corrected chi connectivity index (χ4v) is 2.54. The maximum Gasteiger partial charge on any atom is 0.472 e. The highest BCUT2D eigenvalue weighted by atomic mass is 31.2. The van der Waals surface area contributed by atoms with Crippen LogP contribution in [0.5, 0.6) is 0 Å².